The SMILES string of the molecule is CCCCCCCCCCOP(=O)([O-])[O-].[Ca+2]. The molecule has 0 aliphatic heterocycles. The monoisotopic (exact) mass is 276 g/mol. The van der Waals surface area contributed by atoms with Gasteiger partial charge in [0.05, 0.1) is 14.4 Å². The van der Waals surface area contributed by atoms with Crippen molar-refractivity contribution in [2.45, 2.75) is 58.3 Å². The van der Waals surface area contributed by atoms with Gasteiger partial charge in [-0.3, -0.25) is 0 Å². The van der Waals surface area contributed by atoms with Crippen LogP contribution in [-0.4, -0.2) is 44.3 Å². The number of hydrogen-bond acceptors (Lipinski definition) is 4. The van der Waals surface area contributed by atoms with Crippen molar-refractivity contribution in [3.63, 3.8) is 0 Å². The van der Waals surface area contributed by atoms with E-state index in [0.29, 0.717) is 6.42 Å². The van der Waals surface area contributed by atoms with Crippen molar-refractivity contribution < 1.29 is 18.9 Å². The van der Waals surface area contributed by atoms with Gasteiger partial charge in [0.2, 0.25) is 0 Å². The Kier molecular flexibility index (Phi) is 15.8. The summed E-state index contributed by atoms with van der Waals surface area (Å²) in [4.78, 5) is 20.2. The molecule has 0 bridgehead atoms. The summed E-state index contributed by atoms with van der Waals surface area (Å²) in [5.74, 6) is 0. The van der Waals surface area contributed by atoms with Gasteiger partial charge in [0.15, 0.2) is 0 Å². The zero-order valence-corrected chi connectivity index (χ0v) is 13.3. The molecule has 4 nitrogen and oxygen atoms in total. The first-order valence-corrected chi connectivity index (χ1v) is 7.19. The molecule has 0 aromatic heterocycles. The van der Waals surface area contributed by atoms with E-state index in [1.54, 1.807) is 0 Å². The number of rotatable bonds is 10. The maximum absolute atomic E-state index is 10.1. The van der Waals surface area contributed by atoms with Gasteiger partial charge in [0, 0.05) is 0 Å². The van der Waals surface area contributed by atoms with Gasteiger partial charge in [0.25, 0.3) is 0 Å². The maximum Gasteiger partial charge on any atom is 2.00 e. The summed E-state index contributed by atoms with van der Waals surface area (Å²) >= 11 is 0. The summed E-state index contributed by atoms with van der Waals surface area (Å²) in [5, 5.41) is 0. The van der Waals surface area contributed by atoms with E-state index >= 15 is 0 Å². The van der Waals surface area contributed by atoms with Crippen LogP contribution >= 0.6 is 7.82 Å². The van der Waals surface area contributed by atoms with Crippen LogP contribution in [0.5, 0.6) is 0 Å². The average molecular weight is 276 g/mol. The first-order chi connectivity index (χ1) is 7.06. The number of hydrogen-bond donors (Lipinski definition) is 0. The van der Waals surface area contributed by atoms with Crippen molar-refractivity contribution in [1.82, 2.24) is 0 Å². The Balaban J connectivity index is 0. The van der Waals surface area contributed by atoms with Gasteiger partial charge < -0.3 is 18.9 Å². The van der Waals surface area contributed by atoms with Crippen LogP contribution in [0, 0.1) is 0 Å². The van der Waals surface area contributed by atoms with Crippen LogP contribution in [0.1, 0.15) is 58.3 Å². The molecule has 0 saturated carbocycles. The molecule has 0 N–H and O–H groups in total. The first kappa shape index (κ1) is 19.7. The second-order valence-electron chi connectivity index (χ2n) is 3.76. The van der Waals surface area contributed by atoms with E-state index < -0.39 is 7.82 Å². The summed E-state index contributed by atoms with van der Waals surface area (Å²) < 4.78 is 14.2. The maximum atomic E-state index is 10.1. The Morgan fingerprint density at radius 3 is 1.81 bits per heavy atom. The van der Waals surface area contributed by atoms with Crippen LogP contribution < -0.4 is 9.79 Å². The number of phosphoric acid groups is 1. The molecule has 6 heteroatoms. The van der Waals surface area contributed by atoms with Crippen LogP contribution in [0.2, 0.25) is 0 Å². The van der Waals surface area contributed by atoms with Crippen molar-refractivity contribution >= 4 is 45.6 Å². The zero-order valence-electron chi connectivity index (χ0n) is 10.2. The fourth-order valence-electron chi connectivity index (χ4n) is 1.41. The molecule has 0 aliphatic rings. The average Bonchev–Trinajstić information content (AvgIpc) is 2.14. The van der Waals surface area contributed by atoms with Crippen molar-refractivity contribution in [3.8, 4) is 0 Å². The van der Waals surface area contributed by atoms with Crippen LogP contribution in [0.25, 0.3) is 0 Å². The molecular formula is C10H21CaO4P. The predicted molar refractivity (Wildman–Crippen MR) is 61.9 cm³/mol. The summed E-state index contributed by atoms with van der Waals surface area (Å²) in [7, 11) is -4.74. The molecule has 0 fully saturated rings. The van der Waals surface area contributed by atoms with Crippen molar-refractivity contribution in [1.29, 1.82) is 0 Å². The number of phosphoric ester groups is 1. The van der Waals surface area contributed by atoms with Gasteiger partial charge in [-0.25, -0.2) is 0 Å². The molecule has 92 valence electrons. The third kappa shape index (κ3) is 17.8. The van der Waals surface area contributed by atoms with Crippen LogP contribution in [0.3, 0.4) is 0 Å². The first-order valence-electron chi connectivity index (χ1n) is 5.73. The fraction of sp³-hybridized carbons (Fsp3) is 1.00. The van der Waals surface area contributed by atoms with Crippen molar-refractivity contribution in [3.05, 3.63) is 0 Å². The minimum atomic E-state index is -4.74. The third-order valence-corrected chi connectivity index (χ3v) is 2.75. The molecule has 0 spiro atoms. The van der Waals surface area contributed by atoms with Crippen LogP contribution in [0.4, 0.5) is 0 Å². The molecule has 0 unspecified atom stereocenters. The normalized spacial score (nSPS) is 11.2. The third-order valence-electron chi connectivity index (χ3n) is 2.25. The molecule has 0 atom stereocenters. The Morgan fingerprint density at radius 1 is 0.938 bits per heavy atom. The molecule has 0 radical (unpaired) electrons. The van der Waals surface area contributed by atoms with E-state index in [0.717, 1.165) is 12.8 Å². The van der Waals surface area contributed by atoms with E-state index in [1.807, 2.05) is 0 Å². The summed E-state index contributed by atoms with van der Waals surface area (Å²) in [6.45, 7) is 2.22. The van der Waals surface area contributed by atoms with Gasteiger partial charge in [-0.2, -0.15) is 0 Å². The molecule has 0 aromatic rings. The molecule has 0 amide bonds. The predicted octanol–water partition coefficient (Wildman–Crippen LogP) is 1.59. The summed E-state index contributed by atoms with van der Waals surface area (Å²) in [6, 6.07) is 0. The number of unbranched alkanes of at least 4 members (excludes halogenated alkanes) is 7. The van der Waals surface area contributed by atoms with E-state index in [4.69, 9.17) is 0 Å². The van der Waals surface area contributed by atoms with Gasteiger partial charge >= 0.3 is 37.7 Å². The molecule has 0 aromatic carbocycles. The summed E-state index contributed by atoms with van der Waals surface area (Å²) in [6.07, 6.45) is 8.93. The van der Waals surface area contributed by atoms with E-state index in [2.05, 4.69) is 11.4 Å². The minimum absolute atomic E-state index is 0. The Hall–Kier alpha value is 1.37. The van der Waals surface area contributed by atoms with Crippen molar-refractivity contribution in [2.75, 3.05) is 6.61 Å². The van der Waals surface area contributed by atoms with Gasteiger partial charge in [-0.15, -0.1) is 0 Å². The van der Waals surface area contributed by atoms with Gasteiger partial charge in [-0.1, -0.05) is 51.9 Å². The topological polar surface area (TPSA) is 72.4 Å². The van der Waals surface area contributed by atoms with Crippen LogP contribution in [0.15, 0.2) is 0 Å². The molecule has 16 heavy (non-hydrogen) atoms. The van der Waals surface area contributed by atoms with E-state index in [-0.39, 0.29) is 44.3 Å². The largest absolute Gasteiger partial charge is 2.00 e. The Labute approximate surface area is 128 Å². The molecule has 0 heterocycles. The second-order valence-corrected chi connectivity index (χ2v) is 4.91. The van der Waals surface area contributed by atoms with E-state index in [1.165, 1.54) is 32.1 Å². The second kappa shape index (κ2) is 12.8. The van der Waals surface area contributed by atoms with E-state index in [9.17, 15) is 14.4 Å². The zero-order chi connectivity index (χ0) is 11.6. The van der Waals surface area contributed by atoms with Crippen LogP contribution in [-0.2, 0) is 9.09 Å². The molecular weight excluding hydrogens is 255 g/mol. The Morgan fingerprint density at radius 2 is 1.38 bits per heavy atom. The summed E-state index contributed by atoms with van der Waals surface area (Å²) in [5.41, 5.74) is 0. The quantitative estimate of drug-likeness (QED) is 0.345. The molecule has 0 saturated heterocycles. The van der Waals surface area contributed by atoms with Gasteiger partial charge in [-0.05, 0) is 6.42 Å². The fourth-order valence-corrected chi connectivity index (χ4v) is 1.77. The van der Waals surface area contributed by atoms with Gasteiger partial charge in [0.1, 0.15) is 0 Å². The standard InChI is InChI=1S/C10H23O4P.Ca/c1-2-3-4-5-6-7-8-9-10-14-15(11,12)13;/h2-10H2,1H3,(H2,11,12,13);/q;+2/p-2. The minimum Gasteiger partial charge on any atom is -0.790 e. The molecule has 0 aliphatic carbocycles. The van der Waals surface area contributed by atoms with Crippen molar-refractivity contribution in [2.24, 2.45) is 0 Å². The smallest absolute Gasteiger partial charge is 0.790 e. The molecule has 0 rings (SSSR count). The Bertz CT molecular complexity index is 184.